The number of carbonyl (C=O) groups excluding carboxylic acids is 2. The van der Waals surface area contributed by atoms with Crippen LogP contribution in [0.2, 0.25) is 0 Å². The van der Waals surface area contributed by atoms with E-state index in [0.29, 0.717) is 60.7 Å². The number of ether oxygens (including phenoxy) is 1. The number of hydrogen-bond donors (Lipinski definition) is 2. The maximum Gasteiger partial charge on any atom is 0.254 e. The molecule has 0 unspecified atom stereocenters. The van der Waals surface area contributed by atoms with Gasteiger partial charge in [0.2, 0.25) is 5.91 Å². The molecule has 6 aliphatic carbocycles. The number of aromatic nitrogens is 4. The number of alkyl halides is 1. The van der Waals surface area contributed by atoms with E-state index in [9.17, 15) is 14.0 Å². The van der Waals surface area contributed by atoms with Crippen molar-refractivity contribution in [2.45, 2.75) is 107 Å². The molecule has 3 N–H and O–H groups in total. The zero-order valence-electron chi connectivity index (χ0n) is 28.3. The fourth-order valence-electron chi connectivity index (χ4n) is 9.61. The van der Waals surface area contributed by atoms with E-state index in [2.05, 4.69) is 26.4 Å². The number of imidazole rings is 1. The van der Waals surface area contributed by atoms with Gasteiger partial charge in [0.1, 0.15) is 22.7 Å². The highest BCUT2D eigenvalue weighted by Crippen LogP contribution is 2.69. The molecule has 11 heteroatoms. The third-order valence-corrected chi connectivity index (χ3v) is 12.7. The molecule has 0 aromatic carbocycles. The molecule has 2 amide bonds. The Labute approximate surface area is 284 Å². The SMILES string of the molecule is COc1cc(C(=O)N2C[C@H](N)[C@H]3CC[C@@H]2C3)cc2nc(-c3cc4ccc([C@@H](C)NC(=O)C56CC(F)(C5)C6)nc4n3CC3CC3)c(C3CC3)n12. The number of amides is 2. The summed E-state index contributed by atoms with van der Waals surface area (Å²) in [5, 5.41) is 4.16. The molecule has 10 nitrogen and oxygen atoms in total. The Morgan fingerprint density at radius 1 is 1.08 bits per heavy atom. The molecule has 256 valence electrons. The van der Waals surface area contributed by atoms with Gasteiger partial charge < -0.3 is 25.3 Å². The van der Waals surface area contributed by atoms with Crippen LogP contribution in [0.5, 0.6) is 5.88 Å². The lowest BCUT2D eigenvalue weighted by Crippen LogP contribution is -2.70. The van der Waals surface area contributed by atoms with Crippen molar-refractivity contribution < 1.29 is 18.7 Å². The highest BCUT2D eigenvalue weighted by molar-refractivity contribution is 5.96. The quantitative estimate of drug-likeness (QED) is 0.238. The number of fused-ring (bicyclic) bond motifs is 4. The zero-order valence-corrected chi connectivity index (χ0v) is 28.3. The molecule has 5 heterocycles. The number of nitrogens with two attached hydrogens (primary N) is 1. The summed E-state index contributed by atoms with van der Waals surface area (Å²) in [6, 6.07) is 10.0. The van der Waals surface area contributed by atoms with Gasteiger partial charge in [0.05, 0.1) is 35.6 Å². The fourth-order valence-corrected chi connectivity index (χ4v) is 9.61. The number of likely N-dealkylation sites (tertiary alicyclic amines) is 1. The van der Waals surface area contributed by atoms with Crippen molar-refractivity contribution in [3.63, 3.8) is 0 Å². The van der Waals surface area contributed by atoms with Crippen molar-refractivity contribution in [1.82, 2.24) is 29.2 Å². The van der Waals surface area contributed by atoms with Crippen molar-refractivity contribution in [2.24, 2.45) is 23.0 Å². The average Bonchev–Trinajstić information content (AvgIpc) is 3.97. The standard InChI is InChI=1S/C38H44FN7O3/c1-20(41-36(48)37-17-38(39,18-37)19-37)28-10-8-24-12-29(45(34(24)42-28)15-21-3-4-21)32-33(22-5-6-22)46-30(43-32)13-25(14-31(46)49-2)35(47)44-16-27(40)23-7-9-26(44)11-23/h8,10,12-14,20-23,26-27H,3-7,9,11,15-19,40H2,1-2H3,(H,41,48)/t20-,23+,26-,27+,37?,38?/m1/s1. The van der Waals surface area contributed by atoms with Crippen LogP contribution in [0.4, 0.5) is 4.39 Å². The lowest BCUT2D eigenvalue weighted by molar-refractivity contribution is -0.214. The summed E-state index contributed by atoms with van der Waals surface area (Å²) in [5.41, 5.74) is 10.9. The molecule has 4 bridgehead atoms. The largest absolute Gasteiger partial charge is 0.482 e. The van der Waals surface area contributed by atoms with Gasteiger partial charge >= 0.3 is 0 Å². The number of hydrogen-bond acceptors (Lipinski definition) is 6. The van der Waals surface area contributed by atoms with E-state index in [1.807, 2.05) is 30.0 Å². The summed E-state index contributed by atoms with van der Waals surface area (Å²) in [6.07, 6.45) is 8.63. The van der Waals surface area contributed by atoms with Crippen LogP contribution in [-0.4, -0.2) is 67.1 Å². The van der Waals surface area contributed by atoms with E-state index in [1.54, 1.807) is 7.11 Å². The maximum absolute atomic E-state index is 14.1. The molecule has 49 heavy (non-hydrogen) atoms. The van der Waals surface area contributed by atoms with Crippen LogP contribution in [0.1, 0.15) is 105 Å². The van der Waals surface area contributed by atoms with Crippen LogP contribution in [-0.2, 0) is 11.3 Å². The molecule has 4 atom stereocenters. The van der Waals surface area contributed by atoms with Crippen molar-refractivity contribution in [1.29, 1.82) is 0 Å². The molecule has 4 aromatic rings. The summed E-state index contributed by atoms with van der Waals surface area (Å²) in [7, 11) is 1.66. The first-order valence-corrected chi connectivity index (χ1v) is 18.3. The van der Waals surface area contributed by atoms with Crippen molar-refractivity contribution in [2.75, 3.05) is 13.7 Å². The van der Waals surface area contributed by atoms with Gasteiger partial charge in [-0.1, -0.05) is 0 Å². The Balaban J connectivity index is 1.04. The third-order valence-electron chi connectivity index (χ3n) is 12.7. The number of pyridine rings is 2. The summed E-state index contributed by atoms with van der Waals surface area (Å²) in [6.45, 7) is 3.39. The first-order valence-electron chi connectivity index (χ1n) is 18.3. The normalized spacial score (nSPS) is 30.7. The molecule has 1 aliphatic heterocycles. The lowest BCUT2D eigenvalue weighted by Gasteiger charge is -2.64. The van der Waals surface area contributed by atoms with Gasteiger partial charge in [0.15, 0.2) is 5.88 Å². The molecule has 0 radical (unpaired) electrons. The van der Waals surface area contributed by atoms with Crippen LogP contribution < -0.4 is 15.8 Å². The van der Waals surface area contributed by atoms with Crippen molar-refractivity contribution in [3.05, 3.63) is 47.3 Å². The van der Waals surface area contributed by atoms with Crippen LogP contribution in [0, 0.1) is 17.3 Å². The molecular weight excluding hydrogens is 621 g/mol. The minimum atomic E-state index is -1.11. The second kappa shape index (κ2) is 10.3. The average molecular weight is 666 g/mol. The number of halogens is 1. The van der Waals surface area contributed by atoms with E-state index in [-0.39, 0.29) is 29.9 Å². The van der Waals surface area contributed by atoms with Gasteiger partial charge in [-0.2, -0.15) is 0 Å². The summed E-state index contributed by atoms with van der Waals surface area (Å²) in [4.78, 5) is 39.5. The lowest BCUT2D eigenvalue weighted by atomic mass is 9.42. The first-order chi connectivity index (χ1) is 23.6. The van der Waals surface area contributed by atoms with Crippen molar-refractivity contribution >= 4 is 28.5 Å². The Hall–Kier alpha value is -3.99. The smallest absolute Gasteiger partial charge is 0.254 e. The number of methoxy groups -OCH3 is 1. The molecule has 6 saturated carbocycles. The Morgan fingerprint density at radius 3 is 2.59 bits per heavy atom. The third kappa shape index (κ3) is 4.60. The van der Waals surface area contributed by atoms with Crippen LogP contribution >= 0.6 is 0 Å². The van der Waals surface area contributed by atoms with Crippen LogP contribution in [0.15, 0.2) is 30.3 Å². The molecule has 1 saturated heterocycles. The molecule has 11 rings (SSSR count). The van der Waals surface area contributed by atoms with Gasteiger partial charge in [-0.15, -0.1) is 0 Å². The highest BCUT2D eigenvalue weighted by atomic mass is 19.1. The van der Waals surface area contributed by atoms with E-state index in [1.165, 1.54) is 12.8 Å². The van der Waals surface area contributed by atoms with Crippen molar-refractivity contribution in [3.8, 4) is 17.3 Å². The van der Waals surface area contributed by atoms with Crippen LogP contribution in [0.25, 0.3) is 28.1 Å². The number of nitrogens with one attached hydrogen (secondary N) is 1. The van der Waals surface area contributed by atoms with E-state index in [4.69, 9.17) is 20.4 Å². The van der Waals surface area contributed by atoms with Crippen LogP contribution in [0.3, 0.4) is 0 Å². The number of piperidine rings is 1. The number of rotatable bonds is 9. The van der Waals surface area contributed by atoms with Gasteiger partial charge in [0, 0.05) is 48.1 Å². The molecule has 7 fully saturated rings. The molecule has 4 aromatic heterocycles. The summed E-state index contributed by atoms with van der Waals surface area (Å²) in [5.74, 6) is 2.00. The fraction of sp³-hybridized carbons (Fsp3) is 0.579. The summed E-state index contributed by atoms with van der Waals surface area (Å²) < 4.78 is 24.6. The summed E-state index contributed by atoms with van der Waals surface area (Å²) >= 11 is 0. The first kappa shape index (κ1) is 29.9. The second-order valence-electron chi connectivity index (χ2n) is 16.3. The number of nitrogens with zero attached hydrogens (tertiary/aromatic N) is 5. The van der Waals surface area contributed by atoms with Gasteiger partial charge in [-0.3, -0.25) is 14.0 Å². The van der Waals surface area contributed by atoms with Gasteiger partial charge in [-0.05, 0) is 107 Å². The van der Waals surface area contributed by atoms with E-state index in [0.717, 1.165) is 72.5 Å². The topological polar surface area (TPSA) is 120 Å². The minimum Gasteiger partial charge on any atom is -0.482 e. The highest BCUT2D eigenvalue weighted by Gasteiger charge is 2.72. The predicted octanol–water partition coefficient (Wildman–Crippen LogP) is 5.67. The Kier molecular flexibility index (Phi) is 6.27. The Morgan fingerprint density at radius 2 is 1.88 bits per heavy atom. The molecule has 7 aliphatic rings. The van der Waals surface area contributed by atoms with E-state index >= 15 is 0 Å². The molecule has 0 spiro atoms. The monoisotopic (exact) mass is 665 g/mol. The maximum atomic E-state index is 14.1. The minimum absolute atomic E-state index is 0.00172. The van der Waals surface area contributed by atoms with Gasteiger partial charge in [0.25, 0.3) is 5.91 Å². The van der Waals surface area contributed by atoms with Gasteiger partial charge in [-0.25, -0.2) is 14.4 Å². The predicted molar refractivity (Wildman–Crippen MR) is 182 cm³/mol. The second-order valence-corrected chi connectivity index (χ2v) is 16.3. The van der Waals surface area contributed by atoms with E-state index < -0.39 is 11.1 Å². The Bertz CT molecular complexity index is 2040. The zero-order chi connectivity index (χ0) is 33.4. The number of carbonyl (C=O) groups is 2. The molecular formula is C38H44FN7O3.